The van der Waals surface area contributed by atoms with Crippen molar-refractivity contribution in [1.82, 2.24) is 4.98 Å². The topological polar surface area (TPSA) is 22.1 Å². The van der Waals surface area contributed by atoms with Crippen LogP contribution in [0.3, 0.4) is 0 Å². The number of halogens is 1. The van der Waals surface area contributed by atoms with E-state index < -0.39 is 0 Å². The second-order valence-electron chi connectivity index (χ2n) is 4.79. The molecule has 0 fully saturated rings. The van der Waals surface area contributed by atoms with Crippen molar-refractivity contribution in [3.05, 3.63) is 33.1 Å². The van der Waals surface area contributed by atoms with E-state index in [0.717, 1.165) is 27.3 Å². The van der Waals surface area contributed by atoms with Crippen LogP contribution in [0.5, 0.6) is 5.75 Å². The molecule has 0 spiro atoms. The van der Waals surface area contributed by atoms with Gasteiger partial charge in [-0.15, -0.1) is 11.3 Å². The molecule has 0 saturated carbocycles. The predicted octanol–water partition coefficient (Wildman–Crippen LogP) is 5.17. The minimum atomic E-state index is 0.633. The summed E-state index contributed by atoms with van der Waals surface area (Å²) < 4.78 is 6.42. The highest BCUT2D eigenvalue weighted by molar-refractivity contribution is 9.11. The van der Waals surface area contributed by atoms with Crippen molar-refractivity contribution in [2.45, 2.75) is 27.2 Å². The second-order valence-corrected chi connectivity index (χ2v) is 7.15. The first-order valence-electron chi connectivity index (χ1n) is 6.48. The third kappa shape index (κ3) is 3.80. The molecule has 0 unspecified atom stereocenters. The standard InChI is InChI=1S/C15H18BrNOS/c1-4-18-12-7-5-11(6-8-12)14-13(9-10(2)3)19-15(16)17-14/h5-8,10H,4,9H2,1-3H3. The van der Waals surface area contributed by atoms with Gasteiger partial charge in [0.2, 0.25) is 0 Å². The van der Waals surface area contributed by atoms with Gasteiger partial charge in [-0.2, -0.15) is 0 Å². The average molecular weight is 340 g/mol. The van der Waals surface area contributed by atoms with Crippen LogP contribution in [0.2, 0.25) is 0 Å². The molecule has 0 atom stereocenters. The Kier molecular flexibility index (Phi) is 4.99. The molecule has 1 aromatic heterocycles. The van der Waals surface area contributed by atoms with Crippen LogP contribution < -0.4 is 4.74 Å². The van der Waals surface area contributed by atoms with Crippen LogP contribution in [0.15, 0.2) is 28.2 Å². The van der Waals surface area contributed by atoms with E-state index in [9.17, 15) is 0 Å². The smallest absolute Gasteiger partial charge is 0.160 e. The van der Waals surface area contributed by atoms with Gasteiger partial charge < -0.3 is 4.74 Å². The zero-order chi connectivity index (χ0) is 13.8. The Morgan fingerprint density at radius 3 is 2.53 bits per heavy atom. The molecule has 4 heteroatoms. The zero-order valence-corrected chi connectivity index (χ0v) is 13.8. The van der Waals surface area contributed by atoms with Gasteiger partial charge in [-0.05, 0) is 59.5 Å². The molecule has 0 aliphatic heterocycles. The predicted molar refractivity (Wildman–Crippen MR) is 85.0 cm³/mol. The molecule has 2 nitrogen and oxygen atoms in total. The highest BCUT2D eigenvalue weighted by Crippen LogP contribution is 2.33. The number of ether oxygens (including phenoxy) is 1. The normalized spacial score (nSPS) is 11.0. The summed E-state index contributed by atoms with van der Waals surface area (Å²) in [5, 5.41) is 0. The highest BCUT2D eigenvalue weighted by Gasteiger charge is 2.13. The van der Waals surface area contributed by atoms with E-state index in [0.29, 0.717) is 12.5 Å². The summed E-state index contributed by atoms with van der Waals surface area (Å²) in [6.07, 6.45) is 1.06. The molecule has 0 aliphatic rings. The Labute approximate surface area is 127 Å². The number of rotatable bonds is 5. The molecule has 0 aliphatic carbocycles. The molecule has 19 heavy (non-hydrogen) atoms. The van der Waals surface area contributed by atoms with Crippen LogP contribution in [0, 0.1) is 5.92 Å². The van der Waals surface area contributed by atoms with Crippen LogP contribution >= 0.6 is 27.3 Å². The highest BCUT2D eigenvalue weighted by atomic mass is 79.9. The molecular weight excluding hydrogens is 322 g/mol. The summed E-state index contributed by atoms with van der Waals surface area (Å²) >= 11 is 5.22. The average Bonchev–Trinajstić information content (AvgIpc) is 2.71. The SMILES string of the molecule is CCOc1ccc(-c2nc(Br)sc2CC(C)C)cc1. The summed E-state index contributed by atoms with van der Waals surface area (Å²) in [6, 6.07) is 8.17. The number of nitrogens with zero attached hydrogens (tertiary/aromatic N) is 1. The van der Waals surface area contributed by atoms with Crippen LogP contribution in [0.1, 0.15) is 25.6 Å². The van der Waals surface area contributed by atoms with Crippen molar-refractivity contribution in [3.63, 3.8) is 0 Å². The van der Waals surface area contributed by atoms with Crippen molar-refractivity contribution >= 4 is 27.3 Å². The fourth-order valence-corrected chi connectivity index (χ4v) is 3.71. The van der Waals surface area contributed by atoms with Gasteiger partial charge in [-0.25, -0.2) is 4.98 Å². The van der Waals surface area contributed by atoms with E-state index in [1.54, 1.807) is 11.3 Å². The Morgan fingerprint density at radius 1 is 1.26 bits per heavy atom. The zero-order valence-electron chi connectivity index (χ0n) is 11.4. The van der Waals surface area contributed by atoms with Gasteiger partial charge in [0.15, 0.2) is 3.92 Å². The van der Waals surface area contributed by atoms with Gasteiger partial charge in [0, 0.05) is 10.4 Å². The maximum atomic E-state index is 5.47. The Balaban J connectivity index is 2.30. The summed E-state index contributed by atoms with van der Waals surface area (Å²) in [4.78, 5) is 5.94. The first-order chi connectivity index (χ1) is 9.10. The molecule has 0 radical (unpaired) electrons. The maximum Gasteiger partial charge on any atom is 0.160 e. The summed E-state index contributed by atoms with van der Waals surface area (Å²) in [5.41, 5.74) is 2.25. The molecule has 0 saturated heterocycles. The first-order valence-corrected chi connectivity index (χ1v) is 8.09. The number of hydrogen-bond acceptors (Lipinski definition) is 3. The van der Waals surface area contributed by atoms with E-state index in [1.165, 1.54) is 4.88 Å². The third-order valence-electron chi connectivity index (χ3n) is 2.70. The molecule has 0 N–H and O–H groups in total. The molecular formula is C15H18BrNOS. The quantitative estimate of drug-likeness (QED) is 0.749. The van der Waals surface area contributed by atoms with Gasteiger partial charge in [0.05, 0.1) is 12.3 Å². The van der Waals surface area contributed by atoms with Crippen molar-refractivity contribution < 1.29 is 4.74 Å². The number of aromatic nitrogens is 1. The van der Waals surface area contributed by atoms with Gasteiger partial charge in [0.1, 0.15) is 5.75 Å². The van der Waals surface area contributed by atoms with E-state index in [1.807, 2.05) is 19.1 Å². The number of benzene rings is 1. The summed E-state index contributed by atoms with van der Waals surface area (Å²) in [5.74, 6) is 1.54. The number of hydrogen-bond donors (Lipinski definition) is 0. The molecule has 2 aromatic rings. The van der Waals surface area contributed by atoms with Crippen LogP contribution in [-0.2, 0) is 6.42 Å². The fourth-order valence-electron chi connectivity index (χ4n) is 1.93. The number of thiazole rings is 1. The molecule has 0 amide bonds. The maximum absolute atomic E-state index is 5.47. The fraction of sp³-hybridized carbons (Fsp3) is 0.400. The van der Waals surface area contributed by atoms with Crippen molar-refractivity contribution in [3.8, 4) is 17.0 Å². The lowest BCUT2D eigenvalue weighted by Crippen LogP contribution is -1.94. The Morgan fingerprint density at radius 2 is 1.95 bits per heavy atom. The van der Waals surface area contributed by atoms with Gasteiger partial charge in [-0.1, -0.05) is 13.8 Å². The van der Waals surface area contributed by atoms with Crippen molar-refractivity contribution in [1.29, 1.82) is 0 Å². The van der Waals surface area contributed by atoms with E-state index in [-0.39, 0.29) is 0 Å². The van der Waals surface area contributed by atoms with Crippen LogP contribution in [0.4, 0.5) is 0 Å². The van der Waals surface area contributed by atoms with Crippen molar-refractivity contribution in [2.24, 2.45) is 5.92 Å². The van der Waals surface area contributed by atoms with Gasteiger partial charge in [0.25, 0.3) is 0 Å². The summed E-state index contributed by atoms with van der Waals surface area (Å²) in [6.45, 7) is 7.15. The monoisotopic (exact) mass is 339 g/mol. The first kappa shape index (κ1) is 14.5. The van der Waals surface area contributed by atoms with Crippen LogP contribution in [-0.4, -0.2) is 11.6 Å². The largest absolute Gasteiger partial charge is 0.494 e. The molecule has 2 rings (SSSR count). The minimum absolute atomic E-state index is 0.633. The molecule has 102 valence electrons. The van der Waals surface area contributed by atoms with Crippen molar-refractivity contribution in [2.75, 3.05) is 6.61 Å². The molecule has 1 aromatic carbocycles. The third-order valence-corrected chi connectivity index (χ3v) is 4.23. The van der Waals surface area contributed by atoms with E-state index in [4.69, 9.17) is 4.74 Å². The van der Waals surface area contributed by atoms with Gasteiger partial charge >= 0.3 is 0 Å². The summed E-state index contributed by atoms with van der Waals surface area (Å²) in [7, 11) is 0. The Bertz CT molecular complexity index is 534. The molecule has 0 bridgehead atoms. The lowest BCUT2D eigenvalue weighted by molar-refractivity contribution is 0.340. The van der Waals surface area contributed by atoms with E-state index in [2.05, 4.69) is 46.9 Å². The second kappa shape index (κ2) is 6.53. The minimum Gasteiger partial charge on any atom is -0.494 e. The molecule has 1 heterocycles. The van der Waals surface area contributed by atoms with Crippen LogP contribution in [0.25, 0.3) is 11.3 Å². The van der Waals surface area contributed by atoms with E-state index >= 15 is 0 Å². The lowest BCUT2D eigenvalue weighted by Gasteiger charge is -2.06. The van der Waals surface area contributed by atoms with Gasteiger partial charge in [-0.3, -0.25) is 0 Å². The lowest BCUT2D eigenvalue weighted by atomic mass is 10.0. The Hall–Kier alpha value is -0.870.